The average Bonchev–Trinajstić information content (AvgIpc) is 2.95. The van der Waals surface area contributed by atoms with Gasteiger partial charge in [-0.25, -0.2) is 8.42 Å². The van der Waals surface area contributed by atoms with E-state index in [0.717, 1.165) is 16.5 Å². The van der Waals surface area contributed by atoms with Crippen LogP contribution in [0.1, 0.15) is 12.0 Å². The third-order valence-corrected chi connectivity index (χ3v) is 5.34. The number of rotatable bonds is 3. The normalized spacial score (nSPS) is 19.9. The molecular weight excluding hydrogens is 302 g/mol. The van der Waals surface area contributed by atoms with E-state index in [1.54, 1.807) is 6.26 Å². The molecule has 1 amide bonds. The number of likely N-dealkylation sites (tertiary alicyclic amines) is 1. The van der Waals surface area contributed by atoms with Gasteiger partial charge in [0.2, 0.25) is 15.0 Å². The van der Waals surface area contributed by atoms with Gasteiger partial charge >= 0.3 is 0 Å². The Morgan fingerprint density at radius 2 is 2.15 bits per heavy atom. The van der Waals surface area contributed by atoms with Crippen molar-refractivity contribution in [3.8, 4) is 0 Å². The fourth-order valence-electron chi connectivity index (χ4n) is 2.41. The summed E-state index contributed by atoms with van der Waals surface area (Å²) in [5.74, 6) is -0.188. The lowest BCUT2D eigenvalue weighted by molar-refractivity contribution is -0.128. The molecule has 0 radical (unpaired) electrons. The number of furan rings is 1. The van der Waals surface area contributed by atoms with E-state index in [2.05, 4.69) is 0 Å². The fraction of sp³-hybridized carbons (Fsp3) is 0.308. The van der Waals surface area contributed by atoms with Gasteiger partial charge < -0.3 is 9.32 Å². The van der Waals surface area contributed by atoms with Crippen molar-refractivity contribution in [2.75, 3.05) is 6.54 Å². The predicted octanol–water partition coefficient (Wildman–Crippen LogP) is 2.10. The number of hydrogen-bond donors (Lipinski definition) is 0. The number of benzene rings is 1. The second-order valence-corrected chi connectivity index (χ2v) is 7.78. The molecule has 3 rings (SSSR count). The maximum Gasteiger partial charge on any atom is 0.237 e. The van der Waals surface area contributed by atoms with Gasteiger partial charge in [-0.3, -0.25) is 4.79 Å². The number of nitrogens with zero attached hydrogens (tertiary/aromatic N) is 1. The van der Waals surface area contributed by atoms with Gasteiger partial charge in [0.15, 0.2) is 0 Å². The third-order valence-electron chi connectivity index (χ3n) is 3.47. The Hall–Kier alpha value is -1.53. The molecule has 0 aliphatic carbocycles. The van der Waals surface area contributed by atoms with Gasteiger partial charge in [0.1, 0.15) is 10.8 Å². The first-order valence-corrected chi connectivity index (χ1v) is 8.48. The Bertz CT molecular complexity index is 768. The number of carbonyl (C=O) groups excluding carboxylic acids is 1. The summed E-state index contributed by atoms with van der Waals surface area (Å²) >= 11 is 0. The molecule has 5 nitrogen and oxygen atoms in total. The van der Waals surface area contributed by atoms with Crippen molar-refractivity contribution in [3.63, 3.8) is 0 Å². The predicted molar refractivity (Wildman–Crippen MR) is 74.8 cm³/mol. The van der Waals surface area contributed by atoms with E-state index in [1.165, 1.54) is 4.90 Å². The summed E-state index contributed by atoms with van der Waals surface area (Å²) in [5.41, 5.74) is 1.71. The molecular formula is C13H12ClNO4S. The number of carbonyl (C=O) groups is 1. The Labute approximate surface area is 120 Å². The van der Waals surface area contributed by atoms with Crippen LogP contribution in [0, 0.1) is 0 Å². The van der Waals surface area contributed by atoms with Crippen molar-refractivity contribution in [2.45, 2.75) is 18.2 Å². The van der Waals surface area contributed by atoms with Gasteiger partial charge in [-0.05, 0) is 23.8 Å². The number of fused-ring (bicyclic) bond motifs is 1. The zero-order valence-electron chi connectivity index (χ0n) is 10.5. The molecule has 0 saturated carbocycles. The number of halogens is 1. The van der Waals surface area contributed by atoms with Crippen molar-refractivity contribution in [1.82, 2.24) is 4.90 Å². The van der Waals surface area contributed by atoms with Crippen LogP contribution in [0.5, 0.6) is 0 Å². The summed E-state index contributed by atoms with van der Waals surface area (Å²) in [6.45, 7) is 0.525. The van der Waals surface area contributed by atoms with Crippen molar-refractivity contribution >= 4 is 36.6 Å². The van der Waals surface area contributed by atoms with Crippen molar-refractivity contribution in [1.29, 1.82) is 0 Å². The first-order valence-electron chi connectivity index (χ1n) is 6.11. The molecule has 0 N–H and O–H groups in total. The number of hydrogen-bond acceptors (Lipinski definition) is 4. The van der Waals surface area contributed by atoms with E-state index in [9.17, 15) is 13.2 Å². The van der Waals surface area contributed by atoms with Crippen LogP contribution in [-0.2, 0) is 20.4 Å². The minimum atomic E-state index is -3.69. The minimum absolute atomic E-state index is 0.0419. The second-order valence-electron chi connectivity index (χ2n) is 4.87. The largest absolute Gasteiger partial charge is 0.464 e. The molecule has 0 bridgehead atoms. The minimum Gasteiger partial charge on any atom is -0.464 e. The average molecular weight is 314 g/mol. The van der Waals surface area contributed by atoms with E-state index in [4.69, 9.17) is 15.1 Å². The van der Waals surface area contributed by atoms with Crippen LogP contribution in [0.15, 0.2) is 34.9 Å². The molecule has 106 valence electrons. The van der Waals surface area contributed by atoms with E-state index in [0.29, 0.717) is 6.54 Å². The maximum absolute atomic E-state index is 11.8. The van der Waals surface area contributed by atoms with Crippen molar-refractivity contribution in [3.05, 3.63) is 36.1 Å². The lowest BCUT2D eigenvalue weighted by atomic mass is 10.1. The molecule has 1 aliphatic rings. The first-order chi connectivity index (χ1) is 9.43. The molecule has 20 heavy (non-hydrogen) atoms. The molecule has 1 atom stereocenters. The zero-order chi connectivity index (χ0) is 14.3. The van der Waals surface area contributed by atoms with Crippen LogP contribution in [-0.4, -0.2) is 31.0 Å². The van der Waals surface area contributed by atoms with Gasteiger partial charge in [0.05, 0.1) is 6.26 Å². The third kappa shape index (κ3) is 2.53. The van der Waals surface area contributed by atoms with Crippen LogP contribution in [0.25, 0.3) is 11.0 Å². The summed E-state index contributed by atoms with van der Waals surface area (Å²) < 4.78 is 27.8. The SMILES string of the molecule is O=C1CC(S(=O)(=O)Cl)CN1Cc1ccc2occc2c1. The Morgan fingerprint density at radius 1 is 1.35 bits per heavy atom. The standard InChI is InChI=1S/C13H12ClNO4S/c14-20(17,18)11-6-13(16)15(8-11)7-9-1-2-12-10(5-9)3-4-19-12/h1-5,11H,6-8H2. The molecule has 1 aromatic carbocycles. The van der Waals surface area contributed by atoms with E-state index >= 15 is 0 Å². The Balaban J connectivity index is 1.79. The molecule has 1 saturated heterocycles. The zero-order valence-corrected chi connectivity index (χ0v) is 12.0. The highest BCUT2D eigenvalue weighted by molar-refractivity contribution is 8.14. The lowest BCUT2D eigenvalue weighted by Crippen LogP contribution is -2.26. The lowest BCUT2D eigenvalue weighted by Gasteiger charge is -2.16. The van der Waals surface area contributed by atoms with Gasteiger partial charge in [-0.1, -0.05) is 6.07 Å². The van der Waals surface area contributed by atoms with E-state index in [-0.39, 0.29) is 18.9 Å². The Kier molecular flexibility index (Phi) is 3.22. The molecule has 1 fully saturated rings. The van der Waals surface area contributed by atoms with Crippen LogP contribution in [0.4, 0.5) is 0 Å². The van der Waals surface area contributed by atoms with Crippen LogP contribution < -0.4 is 0 Å². The Morgan fingerprint density at radius 3 is 2.85 bits per heavy atom. The summed E-state index contributed by atoms with van der Waals surface area (Å²) in [6, 6.07) is 7.47. The summed E-state index contributed by atoms with van der Waals surface area (Å²) in [4.78, 5) is 13.4. The quantitative estimate of drug-likeness (QED) is 0.814. The summed E-state index contributed by atoms with van der Waals surface area (Å²) in [7, 11) is 1.63. The monoisotopic (exact) mass is 313 g/mol. The van der Waals surface area contributed by atoms with E-state index in [1.807, 2.05) is 24.3 Å². The molecule has 7 heteroatoms. The van der Waals surface area contributed by atoms with E-state index < -0.39 is 14.3 Å². The smallest absolute Gasteiger partial charge is 0.237 e. The molecule has 2 heterocycles. The first kappa shape index (κ1) is 13.5. The van der Waals surface area contributed by atoms with Crippen LogP contribution >= 0.6 is 10.7 Å². The summed E-state index contributed by atoms with van der Waals surface area (Å²) in [5, 5.41) is 0.144. The van der Waals surface area contributed by atoms with Gasteiger partial charge in [0.25, 0.3) is 0 Å². The maximum atomic E-state index is 11.8. The molecule has 1 unspecified atom stereocenters. The van der Waals surface area contributed by atoms with Crippen LogP contribution in [0.3, 0.4) is 0 Å². The molecule has 1 aromatic heterocycles. The molecule has 2 aromatic rings. The van der Waals surface area contributed by atoms with Crippen molar-refractivity contribution in [2.24, 2.45) is 0 Å². The second kappa shape index (κ2) is 4.79. The molecule has 0 spiro atoms. The fourth-order valence-corrected chi connectivity index (χ4v) is 3.47. The topological polar surface area (TPSA) is 67.6 Å². The van der Waals surface area contributed by atoms with Gasteiger partial charge in [-0.15, -0.1) is 0 Å². The molecule has 1 aliphatic heterocycles. The highest BCUT2D eigenvalue weighted by Crippen LogP contribution is 2.24. The highest BCUT2D eigenvalue weighted by Gasteiger charge is 2.37. The number of amides is 1. The van der Waals surface area contributed by atoms with Gasteiger partial charge in [-0.2, -0.15) is 0 Å². The van der Waals surface area contributed by atoms with Crippen molar-refractivity contribution < 1.29 is 17.6 Å². The highest BCUT2D eigenvalue weighted by atomic mass is 35.7. The van der Waals surface area contributed by atoms with Crippen LogP contribution in [0.2, 0.25) is 0 Å². The van der Waals surface area contributed by atoms with Gasteiger partial charge in [0, 0.05) is 35.6 Å². The summed E-state index contributed by atoms with van der Waals surface area (Å²) in [6.07, 6.45) is 1.56.